The van der Waals surface area contributed by atoms with Crippen LogP contribution in [0.1, 0.15) is 66.5 Å². The molecule has 0 unspecified atom stereocenters. The summed E-state index contributed by atoms with van der Waals surface area (Å²) in [4.78, 5) is 9.72. The van der Waals surface area contributed by atoms with Gasteiger partial charge in [-0.2, -0.15) is 0 Å². The van der Waals surface area contributed by atoms with Crippen LogP contribution in [0.5, 0.6) is 23.0 Å². The van der Waals surface area contributed by atoms with Crippen molar-refractivity contribution < 1.29 is 17.7 Å². The maximum atomic E-state index is 9.67. The van der Waals surface area contributed by atoms with Crippen molar-refractivity contribution in [1.82, 2.24) is 9.55 Å². The molecule has 0 atom stereocenters. The van der Waals surface area contributed by atoms with Crippen molar-refractivity contribution in [3.63, 3.8) is 0 Å². The second kappa shape index (κ2) is 16.0. The van der Waals surface area contributed by atoms with Gasteiger partial charge in [0.1, 0.15) is 35.5 Å². The second-order valence-electron chi connectivity index (χ2n) is 20.0. The molecule has 3 aliphatic rings. The van der Waals surface area contributed by atoms with Gasteiger partial charge in [0.25, 0.3) is 0 Å². The van der Waals surface area contributed by atoms with Crippen LogP contribution < -0.4 is 19.3 Å². The number of aromatic nitrogens is 2. The number of rotatable bonds is 1. The topological polar surface area (TPSA) is 42.8 Å². The first kappa shape index (κ1) is 36.0. The van der Waals surface area contributed by atoms with Gasteiger partial charge in [-0.3, -0.25) is 4.57 Å². The van der Waals surface area contributed by atoms with E-state index in [0.717, 1.165) is 50.6 Å². The molecule has 5 heterocycles. The Labute approximate surface area is 413 Å². The standard InChI is InChI=1S/C63H54N4O2/c1-40-32-60-64-38-53(40)49-23-12-16-27-59(49)69-58-26-15-11-22-48(58)52-35-43(63(5,6)7)34-50(41-18-9-8-10-19-41)61(52)66-39-65(55-24-13-14-25-56(55)66)44-20-17-21-45(36-44)68-46-29-30-47-51-33-42(62(2,3)4)28-31-54(51)67(60)57(47)37-46/h8-38H,39H2,1-7H3/i1D3,28D,31D,33D. The summed E-state index contributed by atoms with van der Waals surface area (Å²) >= 11 is 0. The quantitative estimate of drug-likeness (QED) is 0.164. The number of ether oxygens (including phenoxy) is 2. The maximum absolute atomic E-state index is 9.67. The minimum Gasteiger partial charge on any atom is -0.457 e. The van der Waals surface area contributed by atoms with Crippen molar-refractivity contribution in [2.24, 2.45) is 0 Å². The van der Waals surface area contributed by atoms with Crippen molar-refractivity contribution in [2.75, 3.05) is 16.5 Å². The molecule has 338 valence electrons. The molecule has 6 heteroatoms. The smallest absolute Gasteiger partial charge is 0.137 e. The fraction of sp³-hybridized carbons (Fsp3) is 0.159. The number of pyridine rings is 1. The average molecular weight is 905 g/mol. The SMILES string of the molecule is [2H]c1c(C(C)(C)C)c([2H])c2c3ccc4cc3n(c2c1[2H])-c1cc(C([2H])([2H])[2H])c(cn1)-c1ccccc1Oc1ccccc1-c1cc(C(C)(C)C)cc(-c2ccccc2)c1N1CN(c2cccc(c2)O4)c2ccccc21. The van der Waals surface area contributed by atoms with Gasteiger partial charge in [0.05, 0.1) is 32.2 Å². The summed E-state index contributed by atoms with van der Waals surface area (Å²) < 4.78 is 71.5. The van der Waals surface area contributed by atoms with E-state index in [-0.39, 0.29) is 40.4 Å². The predicted octanol–water partition coefficient (Wildman–Crippen LogP) is 17.2. The predicted molar refractivity (Wildman–Crippen MR) is 286 cm³/mol. The molecule has 0 spiro atoms. The summed E-state index contributed by atoms with van der Waals surface area (Å²) in [5.74, 6) is 2.27. The Morgan fingerprint density at radius 1 is 0.536 bits per heavy atom. The number of para-hydroxylation sites is 4. The second-order valence-corrected chi connectivity index (χ2v) is 20.0. The van der Waals surface area contributed by atoms with Crippen LogP contribution >= 0.6 is 0 Å². The van der Waals surface area contributed by atoms with Gasteiger partial charge in [-0.05, 0) is 119 Å². The lowest BCUT2D eigenvalue weighted by Crippen LogP contribution is -2.25. The maximum Gasteiger partial charge on any atom is 0.137 e. The molecule has 0 N–H and O–H groups in total. The van der Waals surface area contributed by atoms with E-state index in [4.69, 9.17) is 18.6 Å². The fourth-order valence-electron chi connectivity index (χ4n) is 9.80. The van der Waals surface area contributed by atoms with Crippen LogP contribution in [0.3, 0.4) is 0 Å². The highest BCUT2D eigenvalue weighted by molar-refractivity contribution is 6.10. The van der Waals surface area contributed by atoms with Gasteiger partial charge >= 0.3 is 0 Å². The van der Waals surface area contributed by atoms with Crippen LogP contribution in [-0.4, -0.2) is 16.2 Å². The van der Waals surface area contributed by atoms with E-state index in [1.54, 1.807) is 16.8 Å². The van der Waals surface area contributed by atoms with Gasteiger partial charge in [-0.25, -0.2) is 4.98 Å². The Morgan fingerprint density at radius 2 is 1.20 bits per heavy atom. The monoisotopic (exact) mass is 904 g/mol. The Hall–Kier alpha value is -8.09. The zero-order valence-electron chi connectivity index (χ0n) is 45.5. The summed E-state index contributed by atoms with van der Waals surface area (Å²) in [7, 11) is 0. The molecule has 2 aromatic heterocycles. The van der Waals surface area contributed by atoms with Crippen LogP contribution in [0.2, 0.25) is 0 Å². The van der Waals surface area contributed by atoms with E-state index < -0.39 is 12.3 Å². The van der Waals surface area contributed by atoms with Crippen LogP contribution in [0, 0.1) is 6.85 Å². The largest absolute Gasteiger partial charge is 0.457 e. The van der Waals surface area contributed by atoms with Crippen molar-refractivity contribution in [3.8, 4) is 62.2 Å². The van der Waals surface area contributed by atoms with E-state index in [2.05, 4.69) is 103 Å². The number of hydrogen-bond donors (Lipinski definition) is 0. The first-order valence-electron chi connectivity index (χ1n) is 26.5. The molecule has 13 rings (SSSR count). The highest BCUT2D eigenvalue weighted by atomic mass is 16.5. The average Bonchev–Trinajstić information content (AvgIpc) is 3.94. The van der Waals surface area contributed by atoms with Gasteiger partial charge in [-0.1, -0.05) is 133 Å². The summed E-state index contributed by atoms with van der Waals surface area (Å²) in [6.45, 7) is 10.3. The van der Waals surface area contributed by atoms with Crippen LogP contribution in [0.4, 0.5) is 22.7 Å². The third-order valence-electron chi connectivity index (χ3n) is 13.4. The van der Waals surface area contributed by atoms with Crippen LogP contribution in [-0.2, 0) is 10.8 Å². The lowest BCUT2D eigenvalue weighted by Gasteiger charge is -2.30. The lowest BCUT2D eigenvalue weighted by molar-refractivity contribution is 0.483. The third-order valence-corrected chi connectivity index (χ3v) is 13.4. The molecule has 6 nitrogen and oxygen atoms in total. The molecule has 3 aliphatic heterocycles. The Balaban J connectivity index is 1.17. The number of benzene rings is 8. The number of nitrogens with zero attached hydrogens (tertiary/aromatic N) is 4. The number of anilines is 4. The van der Waals surface area contributed by atoms with Crippen molar-refractivity contribution in [1.29, 1.82) is 0 Å². The molecule has 0 amide bonds. The fourth-order valence-corrected chi connectivity index (χ4v) is 9.80. The Morgan fingerprint density at radius 3 is 1.94 bits per heavy atom. The van der Waals surface area contributed by atoms with Gasteiger partial charge in [-0.15, -0.1) is 0 Å². The van der Waals surface area contributed by atoms with E-state index in [1.165, 1.54) is 0 Å². The normalized spacial score (nSPS) is 14.7. The number of hydrogen-bond acceptors (Lipinski definition) is 5. The first-order valence-corrected chi connectivity index (χ1v) is 23.5. The summed E-state index contributed by atoms with van der Waals surface area (Å²) in [6.07, 6.45) is 1.56. The lowest BCUT2D eigenvalue weighted by atomic mass is 9.82. The molecule has 0 saturated heterocycles. The molecule has 10 aromatic rings. The summed E-state index contributed by atoms with van der Waals surface area (Å²) in [6, 6.07) is 54.2. The van der Waals surface area contributed by atoms with Crippen molar-refractivity contribution in [3.05, 3.63) is 205 Å². The molecule has 69 heavy (non-hydrogen) atoms. The van der Waals surface area contributed by atoms with Crippen molar-refractivity contribution in [2.45, 2.75) is 59.2 Å². The van der Waals surface area contributed by atoms with Gasteiger partial charge in [0.2, 0.25) is 0 Å². The van der Waals surface area contributed by atoms with Crippen LogP contribution in [0.15, 0.2) is 188 Å². The molecular formula is C63H54N4O2. The highest BCUT2D eigenvalue weighted by Crippen LogP contribution is 2.53. The van der Waals surface area contributed by atoms with Gasteiger partial charge in [0, 0.05) is 66.7 Å². The van der Waals surface area contributed by atoms with E-state index in [0.29, 0.717) is 62.6 Å². The third kappa shape index (κ3) is 7.30. The number of aryl methyl sites for hydroxylation is 1. The van der Waals surface area contributed by atoms with Gasteiger partial charge < -0.3 is 19.3 Å². The summed E-state index contributed by atoms with van der Waals surface area (Å²) in [5.41, 5.74) is 10.3. The molecule has 8 aromatic carbocycles. The van der Waals surface area contributed by atoms with E-state index >= 15 is 0 Å². The summed E-state index contributed by atoms with van der Waals surface area (Å²) in [5, 5.41) is 1.11. The van der Waals surface area contributed by atoms with Crippen LogP contribution in [0.25, 0.3) is 61.0 Å². The molecular weight excluding hydrogens is 845 g/mol. The van der Waals surface area contributed by atoms with E-state index in [1.807, 2.05) is 106 Å². The molecule has 0 aliphatic carbocycles. The molecule has 0 fully saturated rings. The van der Waals surface area contributed by atoms with E-state index in [9.17, 15) is 4.11 Å². The van der Waals surface area contributed by atoms with Gasteiger partial charge in [0.15, 0.2) is 0 Å². The zero-order chi connectivity index (χ0) is 52.3. The number of fused-ring (bicyclic) bond motifs is 5. The Kier molecular flexibility index (Phi) is 8.36. The molecule has 8 bridgehead atoms. The van der Waals surface area contributed by atoms with Crippen molar-refractivity contribution >= 4 is 44.6 Å². The highest BCUT2D eigenvalue weighted by Gasteiger charge is 2.34. The minimum atomic E-state index is -2.65. The Bertz CT molecular complexity index is 3950. The minimum absolute atomic E-state index is 0.0122. The zero-order valence-corrected chi connectivity index (χ0v) is 39.5. The molecule has 0 radical (unpaired) electrons. The molecule has 0 saturated carbocycles. The first-order chi connectivity index (χ1) is 35.8.